The zero-order chi connectivity index (χ0) is 16.3. The first-order chi connectivity index (χ1) is 10.4. The molecule has 1 atom stereocenters. The number of aromatic amines is 1. The predicted octanol–water partition coefficient (Wildman–Crippen LogP) is 0.942. The molecule has 1 heterocycles. The van der Waals surface area contributed by atoms with Gasteiger partial charge in [-0.25, -0.2) is 9.78 Å². The number of nitrogens with one attached hydrogen (secondary N) is 2. The van der Waals surface area contributed by atoms with E-state index in [4.69, 9.17) is 0 Å². The van der Waals surface area contributed by atoms with E-state index in [1.807, 2.05) is 13.0 Å². The van der Waals surface area contributed by atoms with Crippen molar-refractivity contribution in [1.82, 2.24) is 15.3 Å². The van der Waals surface area contributed by atoms with Crippen LogP contribution >= 0.6 is 0 Å². The third-order valence-corrected chi connectivity index (χ3v) is 3.07. The lowest BCUT2D eigenvalue weighted by Gasteiger charge is -2.15. The van der Waals surface area contributed by atoms with Gasteiger partial charge in [0.1, 0.15) is 11.4 Å². The van der Waals surface area contributed by atoms with E-state index in [-0.39, 0.29) is 5.56 Å². The van der Waals surface area contributed by atoms with Gasteiger partial charge in [0, 0.05) is 6.20 Å². The second kappa shape index (κ2) is 6.21. The Hall–Kier alpha value is -2.96. The molecule has 7 heteroatoms. The molecule has 2 aromatic rings. The topological polar surface area (TPSA) is 112 Å². The van der Waals surface area contributed by atoms with E-state index in [0.717, 1.165) is 11.8 Å². The number of amides is 1. The molecule has 0 aliphatic rings. The molecule has 0 spiro atoms. The minimum atomic E-state index is -1.24. The number of nitrogens with zero attached hydrogens (tertiary/aromatic N) is 1. The average molecular weight is 301 g/mol. The van der Waals surface area contributed by atoms with Crippen LogP contribution in [0.1, 0.15) is 33.4 Å². The summed E-state index contributed by atoms with van der Waals surface area (Å²) in [6.45, 7) is 3.40. The Balaban J connectivity index is 2.30. The molecule has 0 fully saturated rings. The summed E-state index contributed by atoms with van der Waals surface area (Å²) in [5.41, 5.74) is 0.452. The van der Waals surface area contributed by atoms with Crippen molar-refractivity contribution >= 4 is 11.9 Å². The fourth-order valence-corrected chi connectivity index (χ4v) is 1.99. The van der Waals surface area contributed by atoms with Gasteiger partial charge in [0.15, 0.2) is 6.04 Å². The molecule has 114 valence electrons. The number of hydrogen-bond donors (Lipinski definition) is 3. The van der Waals surface area contributed by atoms with Crippen LogP contribution in [0.4, 0.5) is 0 Å². The summed E-state index contributed by atoms with van der Waals surface area (Å²) in [4.78, 5) is 41.5. The first-order valence-corrected chi connectivity index (χ1v) is 6.54. The quantitative estimate of drug-likeness (QED) is 0.778. The van der Waals surface area contributed by atoms with Crippen LogP contribution in [0.2, 0.25) is 0 Å². The zero-order valence-electron chi connectivity index (χ0n) is 12.1. The molecule has 1 aromatic carbocycles. The van der Waals surface area contributed by atoms with Crippen LogP contribution in [0.5, 0.6) is 0 Å². The minimum Gasteiger partial charge on any atom is -0.479 e. The molecular formula is C15H15N3O4. The van der Waals surface area contributed by atoms with E-state index in [0.29, 0.717) is 11.4 Å². The van der Waals surface area contributed by atoms with Gasteiger partial charge in [-0.05, 0) is 19.4 Å². The van der Waals surface area contributed by atoms with Crippen LogP contribution in [-0.4, -0.2) is 27.0 Å². The van der Waals surface area contributed by atoms with Crippen LogP contribution in [0.25, 0.3) is 0 Å². The SMILES string of the molecule is Cc1cccc(C(NC(=O)c2cnc(C)[nH]c2=O)C(=O)O)c1. The number of rotatable bonds is 4. The van der Waals surface area contributed by atoms with Crippen molar-refractivity contribution in [2.75, 3.05) is 0 Å². The van der Waals surface area contributed by atoms with Crippen LogP contribution < -0.4 is 10.9 Å². The van der Waals surface area contributed by atoms with E-state index in [9.17, 15) is 19.5 Å². The molecule has 0 saturated carbocycles. The predicted molar refractivity (Wildman–Crippen MR) is 78.6 cm³/mol. The second-order valence-electron chi connectivity index (χ2n) is 4.87. The van der Waals surface area contributed by atoms with Gasteiger partial charge in [-0.3, -0.25) is 9.59 Å². The summed E-state index contributed by atoms with van der Waals surface area (Å²) >= 11 is 0. The second-order valence-corrected chi connectivity index (χ2v) is 4.87. The molecule has 0 saturated heterocycles. The molecule has 2 rings (SSSR count). The number of aryl methyl sites for hydroxylation is 2. The zero-order valence-corrected chi connectivity index (χ0v) is 12.1. The molecule has 3 N–H and O–H groups in total. The number of H-pyrrole nitrogens is 1. The first kappa shape index (κ1) is 15.4. The molecule has 1 unspecified atom stereocenters. The van der Waals surface area contributed by atoms with Gasteiger partial charge in [0.05, 0.1) is 0 Å². The highest BCUT2D eigenvalue weighted by Gasteiger charge is 2.24. The van der Waals surface area contributed by atoms with E-state index in [2.05, 4.69) is 15.3 Å². The highest BCUT2D eigenvalue weighted by Crippen LogP contribution is 2.15. The number of hydrogen-bond acceptors (Lipinski definition) is 4. The lowest BCUT2D eigenvalue weighted by molar-refractivity contribution is -0.139. The number of carbonyl (C=O) groups excluding carboxylic acids is 1. The smallest absolute Gasteiger partial charge is 0.330 e. The normalized spacial score (nSPS) is 11.7. The van der Waals surface area contributed by atoms with Crippen molar-refractivity contribution in [3.8, 4) is 0 Å². The van der Waals surface area contributed by atoms with Crippen LogP contribution in [0, 0.1) is 13.8 Å². The molecule has 1 amide bonds. The Kier molecular flexibility index (Phi) is 4.36. The summed E-state index contributed by atoms with van der Waals surface area (Å²) in [7, 11) is 0. The summed E-state index contributed by atoms with van der Waals surface area (Å²) in [6.07, 6.45) is 1.12. The lowest BCUT2D eigenvalue weighted by Crippen LogP contribution is -2.36. The number of aliphatic carboxylic acids is 1. The monoisotopic (exact) mass is 301 g/mol. The maximum absolute atomic E-state index is 12.1. The van der Waals surface area contributed by atoms with Gasteiger partial charge in [-0.2, -0.15) is 0 Å². The third kappa shape index (κ3) is 3.38. The van der Waals surface area contributed by atoms with Gasteiger partial charge >= 0.3 is 5.97 Å². The van der Waals surface area contributed by atoms with E-state index in [1.165, 1.54) is 0 Å². The average Bonchev–Trinajstić information content (AvgIpc) is 2.44. The van der Waals surface area contributed by atoms with Crippen molar-refractivity contribution < 1.29 is 14.7 Å². The molecule has 0 aliphatic carbocycles. The lowest BCUT2D eigenvalue weighted by atomic mass is 10.0. The Morgan fingerprint density at radius 3 is 2.64 bits per heavy atom. The Morgan fingerprint density at radius 1 is 1.32 bits per heavy atom. The van der Waals surface area contributed by atoms with E-state index < -0.39 is 23.5 Å². The Bertz CT molecular complexity index is 782. The van der Waals surface area contributed by atoms with Crippen molar-refractivity contribution in [3.05, 3.63) is 63.3 Å². The third-order valence-electron chi connectivity index (χ3n) is 3.07. The molecule has 0 bridgehead atoms. The summed E-state index contributed by atoms with van der Waals surface area (Å²) in [5, 5.41) is 11.6. The van der Waals surface area contributed by atoms with Crippen LogP contribution in [0.3, 0.4) is 0 Å². The van der Waals surface area contributed by atoms with Gasteiger partial charge < -0.3 is 15.4 Å². The number of benzene rings is 1. The summed E-state index contributed by atoms with van der Waals surface area (Å²) in [5.74, 6) is -1.63. The summed E-state index contributed by atoms with van der Waals surface area (Å²) in [6, 6.07) is 5.54. The number of carboxylic acids is 1. The molecule has 7 nitrogen and oxygen atoms in total. The van der Waals surface area contributed by atoms with Gasteiger partial charge in [0.25, 0.3) is 11.5 Å². The fraction of sp³-hybridized carbons (Fsp3) is 0.200. The van der Waals surface area contributed by atoms with E-state index in [1.54, 1.807) is 25.1 Å². The number of carboxylic acid groups (broad SMARTS) is 1. The first-order valence-electron chi connectivity index (χ1n) is 6.54. The standard InChI is InChI=1S/C15H15N3O4/c1-8-4-3-5-10(6-8)12(15(21)22)18-14(20)11-7-16-9(2)17-13(11)19/h3-7,12H,1-2H3,(H,18,20)(H,21,22)(H,16,17,19). The van der Waals surface area contributed by atoms with Gasteiger partial charge in [-0.15, -0.1) is 0 Å². The highest BCUT2D eigenvalue weighted by molar-refractivity contribution is 5.96. The van der Waals surface area contributed by atoms with Crippen molar-refractivity contribution in [1.29, 1.82) is 0 Å². The van der Waals surface area contributed by atoms with Crippen molar-refractivity contribution in [2.45, 2.75) is 19.9 Å². The largest absolute Gasteiger partial charge is 0.479 e. The van der Waals surface area contributed by atoms with Crippen LogP contribution in [0.15, 0.2) is 35.3 Å². The molecular weight excluding hydrogens is 286 g/mol. The molecule has 22 heavy (non-hydrogen) atoms. The van der Waals surface area contributed by atoms with Crippen molar-refractivity contribution in [3.63, 3.8) is 0 Å². The number of carbonyl (C=O) groups is 2. The summed E-state index contributed by atoms with van der Waals surface area (Å²) < 4.78 is 0. The Labute approximate surface area is 126 Å². The van der Waals surface area contributed by atoms with Crippen molar-refractivity contribution in [2.24, 2.45) is 0 Å². The maximum atomic E-state index is 12.1. The maximum Gasteiger partial charge on any atom is 0.330 e. The Morgan fingerprint density at radius 2 is 2.05 bits per heavy atom. The van der Waals surface area contributed by atoms with Gasteiger partial charge in [-0.1, -0.05) is 29.8 Å². The molecule has 0 radical (unpaired) electrons. The molecule has 0 aliphatic heterocycles. The molecule has 1 aromatic heterocycles. The highest BCUT2D eigenvalue weighted by atomic mass is 16.4. The van der Waals surface area contributed by atoms with Crippen LogP contribution in [-0.2, 0) is 4.79 Å². The fourth-order valence-electron chi connectivity index (χ4n) is 1.99. The number of aromatic nitrogens is 2. The van der Waals surface area contributed by atoms with Gasteiger partial charge in [0.2, 0.25) is 0 Å². The minimum absolute atomic E-state index is 0.232. The van der Waals surface area contributed by atoms with E-state index >= 15 is 0 Å².